The van der Waals surface area contributed by atoms with E-state index in [2.05, 4.69) is 9.98 Å². The summed E-state index contributed by atoms with van der Waals surface area (Å²) in [7, 11) is 0. The standard InChI is InChI=1S/C9H8N2/c1-2-4-9-8(3-1)7-10-5-6-11-9/h1-5,7H,6H2. The molecule has 0 spiro atoms. The van der Waals surface area contributed by atoms with Gasteiger partial charge in [0.2, 0.25) is 0 Å². The lowest BCUT2D eigenvalue weighted by Crippen LogP contribution is -2.23. The summed E-state index contributed by atoms with van der Waals surface area (Å²) in [4.78, 5) is 8.37. The first-order valence-corrected chi connectivity index (χ1v) is 3.58. The maximum Gasteiger partial charge on any atom is 0.0749 e. The second kappa shape index (κ2) is 2.66. The van der Waals surface area contributed by atoms with E-state index in [0.29, 0.717) is 6.54 Å². The summed E-state index contributed by atoms with van der Waals surface area (Å²) in [5.74, 6) is 0. The summed E-state index contributed by atoms with van der Waals surface area (Å²) < 4.78 is 0. The molecule has 0 unspecified atom stereocenters. The van der Waals surface area contributed by atoms with Gasteiger partial charge >= 0.3 is 0 Å². The molecule has 2 nitrogen and oxygen atoms in total. The third-order valence-electron chi connectivity index (χ3n) is 1.60. The zero-order chi connectivity index (χ0) is 7.52. The van der Waals surface area contributed by atoms with E-state index in [1.54, 1.807) is 6.21 Å². The number of para-hydroxylation sites is 1. The molecule has 0 aromatic heterocycles. The van der Waals surface area contributed by atoms with Crippen molar-refractivity contribution in [1.29, 1.82) is 0 Å². The molecule has 1 heterocycles. The van der Waals surface area contributed by atoms with Gasteiger partial charge in [0.05, 0.1) is 11.9 Å². The largest absolute Gasteiger partial charge is 0.279 e. The van der Waals surface area contributed by atoms with E-state index in [1.165, 1.54) is 0 Å². The Kier molecular flexibility index (Phi) is 1.52. The number of nitrogens with zero attached hydrogens (tertiary/aromatic N) is 2. The van der Waals surface area contributed by atoms with Gasteiger partial charge in [-0.1, -0.05) is 18.2 Å². The van der Waals surface area contributed by atoms with Gasteiger partial charge in [0, 0.05) is 17.6 Å². The highest BCUT2D eigenvalue weighted by Gasteiger charge is 1.86. The van der Waals surface area contributed by atoms with Crippen LogP contribution in [-0.4, -0.2) is 12.8 Å². The Labute approximate surface area is 64.6 Å². The van der Waals surface area contributed by atoms with E-state index in [4.69, 9.17) is 0 Å². The summed E-state index contributed by atoms with van der Waals surface area (Å²) in [5.41, 5.74) is 0. The highest BCUT2D eigenvalue weighted by molar-refractivity contribution is 5.63. The van der Waals surface area contributed by atoms with Crippen molar-refractivity contribution in [3.05, 3.63) is 34.8 Å². The van der Waals surface area contributed by atoms with Gasteiger partial charge in [-0.25, -0.2) is 0 Å². The summed E-state index contributed by atoms with van der Waals surface area (Å²) in [6, 6.07) is 8.00. The Morgan fingerprint density at radius 2 is 2.09 bits per heavy atom. The maximum absolute atomic E-state index is 4.31. The third-order valence-corrected chi connectivity index (χ3v) is 1.60. The molecule has 0 fully saturated rings. The first-order chi connectivity index (χ1) is 5.47. The molecule has 1 aromatic rings. The highest BCUT2D eigenvalue weighted by Crippen LogP contribution is 1.77. The minimum Gasteiger partial charge on any atom is -0.279 e. The van der Waals surface area contributed by atoms with Crippen LogP contribution >= 0.6 is 0 Å². The van der Waals surface area contributed by atoms with Crippen LogP contribution in [0.3, 0.4) is 0 Å². The van der Waals surface area contributed by atoms with Crippen LogP contribution in [0.5, 0.6) is 0 Å². The monoisotopic (exact) mass is 144 g/mol. The molecule has 0 radical (unpaired) electrons. The Balaban J connectivity index is 2.81. The molecule has 0 atom stereocenters. The highest BCUT2D eigenvalue weighted by atomic mass is 14.8. The molecule has 0 amide bonds. The smallest absolute Gasteiger partial charge is 0.0749 e. The van der Waals surface area contributed by atoms with Crippen LogP contribution in [0, 0.1) is 0 Å². The van der Waals surface area contributed by atoms with E-state index in [9.17, 15) is 0 Å². The second-order valence-corrected chi connectivity index (χ2v) is 2.36. The average Bonchev–Trinajstić information content (AvgIpc) is 2.28. The molecule has 1 aliphatic rings. The van der Waals surface area contributed by atoms with E-state index in [0.717, 1.165) is 10.6 Å². The van der Waals surface area contributed by atoms with E-state index < -0.39 is 0 Å². The zero-order valence-corrected chi connectivity index (χ0v) is 6.07. The van der Waals surface area contributed by atoms with Crippen molar-refractivity contribution in [2.24, 2.45) is 9.98 Å². The summed E-state index contributed by atoms with van der Waals surface area (Å²) in [5, 5.41) is 2.13. The van der Waals surface area contributed by atoms with Crippen molar-refractivity contribution in [3.63, 3.8) is 0 Å². The van der Waals surface area contributed by atoms with E-state index in [1.807, 2.05) is 30.5 Å². The molecule has 1 aliphatic heterocycles. The summed E-state index contributed by atoms with van der Waals surface area (Å²) in [6.45, 7) is 0.688. The van der Waals surface area contributed by atoms with Crippen molar-refractivity contribution in [2.75, 3.05) is 6.54 Å². The van der Waals surface area contributed by atoms with Gasteiger partial charge in [-0.2, -0.15) is 0 Å². The Morgan fingerprint density at radius 3 is 3.09 bits per heavy atom. The van der Waals surface area contributed by atoms with Crippen LogP contribution in [0.25, 0.3) is 6.20 Å². The molecule has 0 saturated heterocycles. The molecule has 11 heavy (non-hydrogen) atoms. The van der Waals surface area contributed by atoms with Crippen molar-refractivity contribution in [1.82, 2.24) is 0 Å². The SMILES string of the molecule is C1=NC=c2ccccc2=NC1. The van der Waals surface area contributed by atoms with Crippen molar-refractivity contribution < 1.29 is 0 Å². The Morgan fingerprint density at radius 1 is 1.18 bits per heavy atom. The van der Waals surface area contributed by atoms with E-state index in [-0.39, 0.29) is 0 Å². The minimum absolute atomic E-state index is 0.688. The number of rotatable bonds is 0. The molecule has 54 valence electrons. The van der Waals surface area contributed by atoms with Gasteiger partial charge in [-0.15, -0.1) is 0 Å². The van der Waals surface area contributed by atoms with Crippen LogP contribution < -0.4 is 10.6 Å². The van der Waals surface area contributed by atoms with Crippen LogP contribution in [0.15, 0.2) is 34.3 Å². The van der Waals surface area contributed by atoms with Gasteiger partial charge in [-0.3, -0.25) is 9.98 Å². The van der Waals surface area contributed by atoms with Crippen LogP contribution in [-0.2, 0) is 0 Å². The average molecular weight is 144 g/mol. The first-order valence-electron chi connectivity index (χ1n) is 3.58. The molecule has 0 bridgehead atoms. The molecule has 0 N–H and O–H groups in total. The van der Waals surface area contributed by atoms with E-state index >= 15 is 0 Å². The normalized spacial score (nSPS) is 14.2. The second-order valence-electron chi connectivity index (χ2n) is 2.36. The number of hydrogen-bond donors (Lipinski definition) is 0. The van der Waals surface area contributed by atoms with Crippen LogP contribution in [0.1, 0.15) is 0 Å². The lowest BCUT2D eigenvalue weighted by Gasteiger charge is -1.84. The van der Waals surface area contributed by atoms with Crippen molar-refractivity contribution >= 4 is 12.4 Å². The fraction of sp³-hybridized carbons (Fsp3) is 0.111. The molecular weight excluding hydrogens is 136 g/mol. The first kappa shape index (κ1) is 6.28. The lowest BCUT2D eigenvalue weighted by molar-refractivity contribution is 1.19. The van der Waals surface area contributed by atoms with Crippen LogP contribution in [0.2, 0.25) is 0 Å². The zero-order valence-electron chi connectivity index (χ0n) is 6.07. The van der Waals surface area contributed by atoms with Gasteiger partial charge < -0.3 is 0 Å². The predicted octanol–water partition coefficient (Wildman–Crippen LogP) is 0.129. The fourth-order valence-electron chi connectivity index (χ4n) is 1.06. The van der Waals surface area contributed by atoms with Gasteiger partial charge in [0.25, 0.3) is 0 Å². The minimum atomic E-state index is 0.688. The number of fused-ring (bicyclic) bond motifs is 1. The predicted molar refractivity (Wildman–Crippen MR) is 45.0 cm³/mol. The molecular formula is C9H8N2. The van der Waals surface area contributed by atoms with Gasteiger partial charge in [0.1, 0.15) is 0 Å². The molecule has 1 aromatic carbocycles. The quantitative estimate of drug-likeness (QED) is 0.494. The molecule has 0 aliphatic carbocycles. The van der Waals surface area contributed by atoms with Crippen LogP contribution in [0.4, 0.5) is 0 Å². The number of aliphatic imine (C=N–C) groups is 1. The molecule has 2 heteroatoms. The summed E-state index contributed by atoms with van der Waals surface area (Å²) in [6.07, 6.45) is 3.64. The summed E-state index contributed by atoms with van der Waals surface area (Å²) >= 11 is 0. The van der Waals surface area contributed by atoms with Crippen molar-refractivity contribution in [2.45, 2.75) is 0 Å². The molecule has 0 saturated carbocycles. The Hall–Kier alpha value is -1.44. The maximum atomic E-state index is 4.31. The van der Waals surface area contributed by atoms with Gasteiger partial charge in [0.15, 0.2) is 0 Å². The lowest BCUT2D eigenvalue weighted by atomic mass is 10.3. The Bertz CT molecular complexity index is 390. The van der Waals surface area contributed by atoms with Crippen molar-refractivity contribution in [3.8, 4) is 0 Å². The number of hydrogen-bond acceptors (Lipinski definition) is 2. The topological polar surface area (TPSA) is 24.7 Å². The third kappa shape index (κ3) is 1.19. The number of benzene rings is 1. The van der Waals surface area contributed by atoms with Gasteiger partial charge in [-0.05, 0) is 6.07 Å². The molecule has 2 rings (SSSR count). The fourth-order valence-corrected chi connectivity index (χ4v) is 1.06.